The van der Waals surface area contributed by atoms with Crippen LogP contribution in [0.3, 0.4) is 0 Å². The number of aromatic nitrogens is 5. The predicted octanol–water partition coefficient (Wildman–Crippen LogP) is 8.39. The molecule has 40 heavy (non-hydrogen) atoms. The minimum Gasteiger partial charge on any atom is -0.373 e. The van der Waals surface area contributed by atoms with Gasteiger partial charge in [-0.3, -0.25) is 8.80 Å². The number of imidazole rings is 2. The molecule has 0 saturated heterocycles. The standard InChI is InChI=1S/C19H16BrFN4S.C10H12BrN3/c1-3-15-18(25-10-13(20)6-9-17(25)22-15)24(2)19-23-16(11-26-19)12-4-7-14(21)8-5-12;1-3-8-10(12-2)14-6-7(11)4-5-9(14)13-8/h4-11H,3H2,1-2H3;4-6,12H,3H2,1-2H3. The Hall–Kier alpha value is -3.28. The van der Waals surface area contributed by atoms with Gasteiger partial charge < -0.3 is 10.2 Å². The van der Waals surface area contributed by atoms with Crippen molar-refractivity contribution < 1.29 is 4.39 Å². The second-order valence-corrected chi connectivity index (χ2v) is 11.6. The van der Waals surface area contributed by atoms with Gasteiger partial charge in [0.1, 0.15) is 28.7 Å². The van der Waals surface area contributed by atoms with Crippen LogP contribution in [0.4, 0.5) is 21.2 Å². The van der Waals surface area contributed by atoms with Crippen LogP contribution in [0.2, 0.25) is 0 Å². The molecule has 7 nitrogen and oxygen atoms in total. The molecule has 0 spiro atoms. The zero-order valence-corrected chi connectivity index (χ0v) is 26.5. The molecule has 0 fully saturated rings. The molecular weight excluding hydrogens is 657 g/mol. The van der Waals surface area contributed by atoms with E-state index < -0.39 is 0 Å². The molecule has 0 aliphatic heterocycles. The van der Waals surface area contributed by atoms with E-state index >= 15 is 0 Å². The molecule has 0 bridgehead atoms. The minimum absolute atomic E-state index is 0.245. The topological polar surface area (TPSA) is 62.8 Å². The molecule has 0 unspecified atom stereocenters. The van der Waals surface area contributed by atoms with Crippen molar-refractivity contribution in [2.75, 3.05) is 24.3 Å². The van der Waals surface area contributed by atoms with Gasteiger partial charge >= 0.3 is 0 Å². The molecule has 5 heterocycles. The summed E-state index contributed by atoms with van der Waals surface area (Å²) < 4.78 is 19.3. The summed E-state index contributed by atoms with van der Waals surface area (Å²) in [4.78, 5) is 16.1. The van der Waals surface area contributed by atoms with E-state index in [4.69, 9.17) is 9.97 Å². The normalized spacial score (nSPS) is 11.1. The van der Waals surface area contributed by atoms with E-state index in [1.807, 2.05) is 56.1 Å². The largest absolute Gasteiger partial charge is 0.373 e. The van der Waals surface area contributed by atoms with Crippen molar-refractivity contribution in [2.45, 2.75) is 26.7 Å². The molecule has 6 aromatic rings. The quantitative estimate of drug-likeness (QED) is 0.191. The molecule has 6 rings (SSSR count). The van der Waals surface area contributed by atoms with Crippen LogP contribution in [0.5, 0.6) is 0 Å². The smallest absolute Gasteiger partial charge is 0.191 e. The Labute approximate surface area is 253 Å². The van der Waals surface area contributed by atoms with E-state index in [9.17, 15) is 4.39 Å². The number of nitrogens with one attached hydrogen (secondary N) is 1. The van der Waals surface area contributed by atoms with E-state index in [1.54, 1.807) is 23.5 Å². The predicted molar refractivity (Wildman–Crippen MR) is 170 cm³/mol. The van der Waals surface area contributed by atoms with Crippen molar-refractivity contribution in [3.63, 3.8) is 0 Å². The van der Waals surface area contributed by atoms with Gasteiger partial charge in [-0.2, -0.15) is 0 Å². The zero-order chi connectivity index (χ0) is 28.4. The Morgan fingerprint density at radius 1 is 0.850 bits per heavy atom. The van der Waals surface area contributed by atoms with Crippen LogP contribution in [0.1, 0.15) is 25.2 Å². The number of hydrogen-bond acceptors (Lipinski definition) is 6. The van der Waals surface area contributed by atoms with Gasteiger partial charge in [-0.25, -0.2) is 19.3 Å². The van der Waals surface area contributed by atoms with Crippen LogP contribution >= 0.6 is 43.2 Å². The van der Waals surface area contributed by atoms with E-state index in [1.165, 1.54) is 12.1 Å². The maximum atomic E-state index is 13.1. The van der Waals surface area contributed by atoms with Crippen molar-refractivity contribution in [1.82, 2.24) is 23.8 Å². The highest BCUT2D eigenvalue weighted by atomic mass is 79.9. The Balaban J connectivity index is 0.000000194. The van der Waals surface area contributed by atoms with Gasteiger partial charge in [-0.05, 0) is 93.2 Å². The number of nitrogens with zero attached hydrogens (tertiary/aromatic N) is 6. The van der Waals surface area contributed by atoms with E-state index in [-0.39, 0.29) is 5.82 Å². The second kappa shape index (κ2) is 12.1. The molecule has 0 aliphatic rings. The number of thiazole rings is 1. The maximum Gasteiger partial charge on any atom is 0.191 e. The highest BCUT2D eigenvalue weighted by molar-refractivity contribution is 9.10. The van der Waals surface area contributed by atoms with Crippen LogP contribution in [0.25, 0.3) is 22.6 Å². The van der Waals surface area contributed by atoms with E-state index in [0.717, 1.165) is 72.5 Å². The molecule has 0 saturated carbocycles. The van der Waals surface area contributed by atoms with Gasteiger partial charge in [0.05, 0.1) is 17.1 Å². The van der Waals surface area contributed by atoms with Crippen LogP contribution in [-0.2, 0) is 12.8 Å². The van der Waals surface area contributed by atoms with Crippen LogP contribution in [-0.4, -0.2) is 37.8 Å². The monoisotopic (exact) mass is 683 g/mol. The van der Waals surface area contributed by atoms with Crippen LogP contribution in [0.15, 0.2) is 75.3 Å². The minimum atomic E-state index is -0.245. The number of fused-ring (bicyclic) bond motifs is 2. The summed E-state index contributed by atoms with van der Waals surface area (Å²) in [6.07, 6.45) is 5.81. The maximum absolute atomic E-state index is 13.1. The van der Waals surface area contributed by atoms with Gasteiger partial charge in [0.15, 0.2) is 5.13 Å². The average Bonchev–Trinajstić information content (AvgIpc) is 3.68. The number of pyridine rings is 2. The summed E-state index contributed by atoms with van der Waals surface area (Å²) in [5.41, 5.74) is 5.75. The summed E-state index contributed by atoms with van der Waals surface area (Å²) in [7, 11) is 3.92. The lowest BCUT2D eigenvalue weighted by Crippen LogP contribution is -2.13. The molecule has 1 N–H and O–H groups in total. The number of rotatable bonds is 6. The van der Waals surface area contributed by atoms with Crippen molar-refractivity contribution in [1.29, 1.82) is 0 Å². The summed E-state index contributed by atoms with van der Waals surface area (Å²) >= 11 is 8.54. The van der Waals surface area contributed by atoms with Gasteiger partial charge in [-0.15, -0.1) is 11.3 Å². The summed E-state index contributed by atoms with van der Waals surface area (Å²) in [5, 5.41) is 6.03. The first-order valence-corrected chi connectivity index (χ1v) is 15.2. The first-order valence-electron chi connectivity index (χ1n) is 12.8. The fourth-order valence-electron chi connectivity index (χ4n) is 4.49. The summed E-state index contributed by atoms with van der Waals surface area (Å²) in [6.45, 7) is 4.21. The fraction of sp³-hybridized carbons (Fsp3) is 0.207. The van der Waals surface area contributed by atoms with Crippen molar-refractivity contribution in [3.05, 3.63) is 92.5 Å². The number of aryl methyl sites for hydroxylation is 2. The zero-order valence-electron chi connectivity index (χ0n) is 22.5. The number of anilines is 3. The van der Waals surface area contributed by atoms with Gasteiger partial charge in [0.25, 0.3) is 0 Å². The second-order valence-electron chi connectivity index (χ2n) is 8.98. The lowest BCUT2D eigenvalue weighted by molar-refractivity contribution is 0.628. The third-order valence-corrected chi connectivity index (χ3v) is 8.28. The molecule has 5 aromatic heterocycles. The van der Waals surface area contributed by atoms with Crippen LogP contribution in [0, 0.1) is 5.82 Å². The van der Waals surface area contributed by atoms with Gasteiger partial charge in [0, 0.05) is 46.4 Å². The Morgan fingerprint density at radius 3 is 2.08 bits per heavy atom. The highest BCUT2D eigenvalue weighted by Crippen LogP contribution is 2.34. The highest BCUT2D eigenvalue weighted by Gasteiger charge is 2.19. The molecule has 0 aliphatic carbocycles. The van der Waals surface area contributed by atoms with E-state index in [0.29, 0.717) is 0 Å². The Morgan fingerprint density at radius 2 is 1.45 bits per heavy atom. The van der Waals surface area contributed by atoms with Crippen LogP contribution < -0.4 is 10.2 Å². The Bertz CT molecular complexity index is 1780. The van der Waals surface area contributed by atoms with Gasteiger partial charge in [-0.1, -0.05) is 13.8 Å². The molecule has 0 amide bonds. The number of hydrogen-bond donors (Lipinski definition) is 1. The molecule has 206 valence electrons. The van der Waals surface area contributed by atoms with E-state index in [2.05, 4.69) is 69.7 Å². The van der Waals surface area contributed by atoms with Crippen molar-refractivity contribution in [2.24, 2.45) is 0 Å². The third-order valence-electron chi connectivity index (χ3n) is 6.42. The third kappa shape index (κ3) is 5.63. The molecule has 0 radical (unpaired) electrons. The first-order chi connectivity index (χ1) is 19.3. The first kappa shape index (κ1) is 28.3. The van der Waals surface area contributed by atoms with Crippen molar-refractivity contribution in [3.8, 4) is 11.3 Å². The lowest BCUT2D eigenvalue weighted by atomic mass is 10.2. The summed E-state index contributed by atoms with van der Waals surface area (Å²) in [6, 6.07) is 14.4. The number of benzene rings is 1. The SMILES string of the molecule is CCc1nc2ccc(Br)cn2c1N(C)c1nc(-c2ccc(F)cc2)cs1.CCc1nc2ccc(Br)cn2c1NC. The Kier molecular flexibility index (Phi) is 8.53. The van der Waals surface area contributed by atoms with Gasteiger partial charge in [0.2, 0.25) is 0 Å². The summed E-state index contributed by atoms with van der Waals surface area (Å²) in [5.74, 6) is 1.83. The average molecular weight is 685 g/mol. The molecule has 1 aromatic carbocycles. The molecular formula is C29H28Br2FN7S. The van der Waals surface area contributed by atoms with Crippen molar-refractivity contribution >= 4 is 71.3 Å². The molecule has 0 atom stereocenters. The number of halogens is 3. The molecule has 11 heteroatoms. The lowest BCUT2D eigenvalue weighted by Gasteiger charge is -2.17. The fourth-order valence-corrected chi connectivity index (χ4v) is 5.96.